The molecule has 174 valence electrons. The number of carbonyl (C=O) groups excluding carboxylic acids is 1. The third kappa shape index (κ3) is 3.76. The Morgan fingerprint density at radius 2 is 1.88 bits per heavy atom. The van der Waals surface area contributed by atoms with Gasteiger partial charge in [0.2, 0.25) is 5.88 Å². The summed E-state index contributed by atoms with van der Waals surface area (Å²) in [6, 6.07) is 6.54. The van der Waals surface area contributed by atoms with E-state index in [-0.39, 0.29) is 34.2 Å². The molecular weight excluding hydrogens is 471 g/mol. The number of Topliss-reactive ketones (excluding diaryl/α,β-unsaturated/α-hetero) is 1. The number of benzene rings is 1. The molecule has 9 heteroatoms. The minimum absolute atomic E-state index is 0.0271. The number of ketones is 1. The Kier molecular flexibility index (Phi) is 5.51. The van der Waals surface area contributed by atoms with Crippen LogP contribution in [0.15, 0.2) is 24.3 Å². The maximum absolute atomic E-state index is 13.3. The van der Waals surface area contributed by atoms with E-state index in [2.05, 4.69) is 5.10 Å². The Balaban J connectivity index is 1.72. The lowest BCUT2D eigenvalue weighted by molar-refractivity contribution is -0.128. The fraction of sp³-hybridized carbons (Fsp3) is 0.565. The van der Waals surface area contributed by atoms with E-state index < -0.39 is 15.5 Å². The quantitative estimate of drug-likeness (QED) is 0.502. The third-order valence-corrected chi connectivity index (χ3v) is 9.38. The SMILES string of the molecule is CC(C)(C)c1cc(OS(=O)(=O)CC23CCC(CC2=O)C3(C)C)n(-c2ccc(Cl)c(Cl)c2)n1. The summed E-state index contributed by atoms with van der Waals surface area (Å²) >= 11 is 12.2. The zero-order chi connectivity index (χ0) is 23.7. The first-order valence-electron chi connectivity index (χ1n) is 10.7. The fourth-order valence-electron chi connectivity index (χ4n) is 5.16. The summed E-state index contributed by atoms with van der Waals surface area (Å²) < 4.78 is 33.6. The van der Waals surface area contributed by atoms with Crippen molar-refractivity contribution in [3.63, 3.8) is 0 Å². The van der Waals surface area contributed by atoms with Gasteiger partial charge in [-0.25, -0.2) is 0 Å². The van der Waals surface area contributed by atoms with Gasteiger partial charge in [0.15, 0.2) is 0 Å². The number of hydrogen-bond donors (Lipinski definition) is 0. The van der Waals surface area contributed by atoms with E-state index in [0.29, 0.717) is 34.3 Å². The second-order valence-electron chi connectivity index (χ2n) is 10.6. The van der Waals surface area contributed by atoms with Crippen molar-refractivity contribution in [2.24, 2.45) is 16.7 Å². The van der Waals surface area contributed by atoms with Crippen LogP contribution in [-0.4, -0.2) is 29.7 Å². The zero-order valence-corrected chi connectivity index (χ0v) is 21.2. The summed E-state index contributed by atoms with van der Waals surface area (Å²) in [7, 11) is -4.09. The Labute approximate surface area is 199 Å². The molecule has 0 amide bonds. The number of fused-ring (bicyclic) bond motifs is 2. The lowest BCUT2D eigenvalue weighted by Gasteiger charge is -2.35. The standard InChI is InChI=1S/C23H28Cl2N2O4S/c1-21(2,3)18-12-20(27(26-18)15-6-7-16(24)17(25)11-15)31-32(29,30)13-23-9-8-14(10-19(23)28)22(23,4)5/h6-7,11-12,14H,8-10,13H2,1-5H3. The summed E-state index contributed by atoms with van der Waals surface area (Å²) in [6.07, 6.45) is 1.88. The van der Waals surface area contributed by atoms with Gasteiger partial charge in [0.1, 0.15) is 5.78 Å². The summed E-state index contributed by atoms with van der Waals surface area (Å²) in [4.78, 5) is 12.8. The first-order valence-corrected chi connectivity index (χ1v) is 13.0. The van der Waals surface area contributed by atoms with Crippen LogP contribution in [0, 0.1) is 16.7 Å². The van der Waals surface area contributed by atoms with Crippen LogP contribution in [0.2, 0.25) is 10.0 Å². The second kappa shape index (κ2) is 7.47. The van der Waals surface area contributed by atoms with Crippen LogP contribution in [0.3, 0.4) is 0 Å². The van der Waals surface area contributed by atoms with E-state index in [4.69, 9.17) is 27.4 Å². The highest BCUT2D eigenvalue weighted by Crippen LogP contribution is 2.64. The molecule has 6 nitrogen and oxygen atoms in total. The van der Waals surface area contributed by atoms with Crippen LogP contribution in [0.4, 0.5) is 0 Å². The number of carbonyl (C=O) groups is 1. The van der Waals surface area contributed by atoms with Gasteiger partial charge in [0, 0.05) is 17.9 Å². The van der Waals surface area contributed by atoms with Crippen LogP contribution in [0.25, 0.3) is 5.69 Å². The Hall–Kier alpha value is -1.57. The summed E-state index contributed by atoms with van der Waals surface area (Å²) in [5.41, 5.74) is -0.440. The molecule has 0 radical (unpaired) electrons. The van der Waals surface area contributed by atoms with Gasteiger partial charge in [-0.15, -0.1) is 0 Å². The van der Waals surface area contributed by atoms with E-state index in [1.54, 1.807) is 24.3 Å². The zero-order valence-electron chi connectivity index (χ0n) is 18.9. The molecule has 2 aliphatic rings. The largest absolute Gasteiger partial charge is 0.361 e. The molecule has 2 saturated carbocycles. The number of halogens is 2. The van der Waals surface area contributed by atoms with Crippen molar-refractivity contribution in [3.8, 4) is 11.6 Å². The average molecular weight is 499 g/mol. The van der Waals surface area contributed by atoms with Crippen molar-refractivity contribution in [2.75, 3.05) is 5.75 Å². The van der Waals surface area contributed by atoms with Gasteiger partial charge in [-0.2, -0.15) is 18.2 Å². The van der Waals surface area contributed by atoms with Gasteiger partial charge in [-0.3, -0.25) is 4.79 Å². The van der Waals surface area contributed by atoms with E-state index in [0.717, 1.165) is 6.42 Å². The normalized spacial score (nSPS) is 24.8. The minimum Gasteiger partial charge on any atom is -0.361 e. The maximum Gasteiger partial charge on any atom is 0.311 e. The van der Waals surface area contributed by atoms with Gasteiger partial charge in [-0.05, 0) is 42.4 Å². The molecule has 2 fully saturated rings. The van der Waals surface area contributed by atoms with Crippen molar-refractivity contribution < 1.29 is 17.4 Å². The molecule has 2 aromatic rings. The van der Waals surface area contributed by atoms with E-state index >= 15 is 0 Å². The van der Waals surface area contributed by atoms with E-state index in [1.165, 1.54) is 4.68 Å². The maximum atomic E-state index is 13.3. The number of hydrogen-bond acceptors (Lipinski definition) is 5. The first-order chi connectivity index (χ1) is 14.7. The lowest BCUT2D eigenvalue weighted by atomic mass is 9.70. The van der Waals surface area contributed by atoms with Crippen LogP contribution >= 0.6 is 23.2 Å². The molecule has 1 aromatic carbocycles. The van der Waals surface area contributed by atoms with Crippen LogP contribution in [-0.2, 0) is 20.3 Å². The molecule has 4 rings (SSSR count). The molecule has 2 unspecified atom stereocenters. The molecule has 2 bridgehead atoms. The highest BCUT2D eigenvalue weighted by molar-refractivity contribution is 7.87. The number of aromatic nitrogens is 2. The third-order valence-electron chi connectivity index (χ3n) is 7.37. The molecule has 0 saturated heterocycles. The lowest BCUT2D eigenvalue weighted by Crippen LogP contribution is -2.43. The monoisotopic (exact) mass is 498 g/mol. The molecule has 1 aromatic heterocycles. The van der Waals surface area contributed by atoms with Crippen LogP contribution in [0.1, 0.15) is 59.6 Å². The van der Waals surface area contributed by atoms with Crippen molar-refractivity contribution >= 4 is 39.1 Å². The molecule has 32 heavy (non-hydrogen) atoms. The van der Waals surface area contributed by atoms with E-state index in [9.17, 15) is 13.2 Å². The second-order valence-corrected chi connectivity index (χ2v) is 13.0. The van der Waals surface area contributed by atoms with Gasteiger partial charge in [0.25, 0.3) is 0 Å². The number of rotatable bonds is 5. The van der Waals surface area contributed by atoms with Crippen molar-refractivity contribution in [1.29, 1.82) is 0 Å². The number of nitrogens with zero attached hydrogens (tertiary/aromatic N) is 2. The Bertz CT molecular complexity index is 1200. The molecular formula is C23H28Cl2N2O4S. The highest BCUT2D eigenvalue weighted by atomic mass is 35.5. The predicted molar refractivity (Wildman–Crippen MR) is 125 cm³/mol. The van der Waals surface area contributed by atoms with Gasteiger partial charge in [0.05, 0.1) is 32.6 Å². The highest BCUT2D eigenvalue weighted by Gasteiger charge is 2.65. The minimum atomic E-state index is -4.09. The van der Waals surface area contributed by atoms with Crippen LogP contribution in [0.5, 0.6) is 5.88 Å². The predicted octanol–water partition coefficient (Wildman–Crippen LogP) is 5.58. The Morgan fingerprint density at radius 1 is 1.19 bits per heavy atom. The molecule has 0 aliphatic heterocycles. The molecule has 1 heterocycles. The van der Waals surface area contributed by atoms with Crippen molar-refractivity contribution in [3.05, 3.63) is 40.0 Å². The molecule has 2 atom stereocenters. The van der Waals surface area contributed by atoms with Crippen molar-refractivity contribution in [1.82, 2.24) is 9.78 Å². The fourth-order valence-corrected chi connectivity index (χ4v) is 7.17. The average Bonchev–Trinajstić information content (AvgIpc) is 3.23. The van der Waals surface area contributed by atoms with Gasteiger partial charge >= 0.3 is 10.1 Å². The van der Waals surface area contributed by atoms with Gasteiger partial charge in [-0.1, -0.05) is 57.8 Å². The molecule has 0 spiro atoms. The smallest absolute Gasteiger partial charge is 0.311 e. The summed E-state index contributed by atoms with van der Waals surface area (Å²) in [5, 5.41) is 5.29. The molecule has 2 aliphatic carbocycles. The van der Waals surface area contributed by atoms with Gasteiger partial charge < -0.3 is 4.18 Å². The topological polar surface area (TPSA) is 78.3 Å². The van der Waals surface area contributed by atoms with Crippen LogP contribution < -0.4 is 4.18 Å². The van der Waals surface area contributed by atoms with E-state index in [1.807, 2.05) is 34.6 Å². The Morgan fingerprint density at radius 3 is 2.41 bits per heavy atom. The van der Waals surface area contributed by atoms with Crippen molar-refractivity contribution in [2.45, 2.75) is 59.3 Å². The molecule has 0 N–H and O–H groups in total. The summed E-state index contributed by atoms with van der Waals surface area (Å²) in [5.74, 6) is -0.0269. The first kappa shape index (κ1) is 23.6. The summed E-state index contributed by atoms with van der Waals surface area (Å²) in [6.45, 7) is 9.93.